The van der Waals surface area contributed by atoms with Crippen LogP contribution in [0.1, 0.15) is 12.8 Å². The van der Waals surface area contributed by atoms with Crippen LogP contribution in [0.2, 0.25) is 0 Å². The van der Waals surface area contributed by atoms with E-state index in [-0.39, 0.29) is 24.8 Å². The van der Waals surface area contributed by atoms with E-state index in [0.29, 0.717) is 29.8 Å². The Kier molecular flexibility index (Phi) is 10.6. The molecule has 3 aromatic rings. The minimum atomic E-state index is 0. The lowest BCUT2D eigenvalue weighted by molar-refractivity contribution is 0.268. The van der Waals surface area contributed by atoms with Crippen molar-refractivity contribution < 1.29 is 14.2 Å². The molecule has 0 saturated carbocycles. The number of nitrogens with one attached hydrogen (secondary N) is 1. The fourth-order valence-electron chi connectivity index (χ4n) is 3.81. The normalized spacial score (nSPS) is 13.9. The van der Waals surface area contributed by atoms with Crippen molar-refractivity contribution in [3.05, 3.63) is 42.5 Å². The number of hydrogen-bond acceptors (Lipinski definition) is 7. The van der Waals surface area contributed by atoms with E-state index in [1.807, 2.05) is 18.2 Å². The first-order chi connectivity index (χ1) is 14.8. The summed E-state index contributed by atoms with van der Waals surface area (Å²) in [6.45, 7) is 4.52. The molecule has 1 aliphatic heterocycles. The number of benzene rings is 2. The highest BCUT2D eigenvalue weighted by atomic mass is 35.5. The highest BCUT2D eigenvalue weighted by Crippen LogP contribution is 2.36. The molecule has 1 N–H and O–H groups in total. The number of fused-ring (bicyclic) bond motifs is 1. The van der Waals surface area contributed by atoms with E-state index in [9.17, 15) is 0 Å². The number of ether oxygens (including phenoxy) is 3. The molecule has 0 radical (unpaired) electrons. The molecule has 1 aromatic heterocycles. The maximum Gasteiger partial charge on any atom is 0.203 e. The Labute approximate surface area is 206 Å². The lowest BCUT2D eigenvalue weighted by atomic mass is 9.97. The molecule has 4 rings (SSSR count). The van der Waals surface area contributed by atoms with Crippen molar-refractivity contribution in [1.29, 1.82) is 0 Å². The first-order valence-corrected chi connectivity index (χ1v) is 11.2. The molecule has 2 aromatic carbocycles. The molecule has 2 heterocycles. The highest BCUT2D eigenvalue weighted by Gasteiger charge is 2.21. The molecule has 9 heteroatoms. The van der Waals surface area contributed by atoms with E-state index in [0.717, 1.165) is 36.8 Å². The van der Waals surface area contributed by atoms with Gasteiger partial charge in [0.15, 0.2) is 16.6 Å². The van der Waals surface area contributed by atoms with Gasteiger partial charge in [-0.25, -0.2) is 4.98 Å². The minimum Gasteiger partial charge on any atom is -0.493 e. The Hall–Kier alpha value is -1.93. The van der Waals surface area contributed by atoms with Crippen LogP contribution in [0, 0.1) is 5.92 Å². The van der Waals surface area contributed by atoms with E-state index in [1.165, 1.54) is 17.5 Å². The molecule has 0 bridgehead atoms. The smallest absolute Gasteiger partial charge is 0.203 e. The van der Waals surface area contributed by atoms with Crippen LogP contribution in [0.5, 0.6) is 17.2 Å². The average molecular weight is 500 g/mol. The van der Waals surface area contributed by atoms with Crippen LogP contribution in [0.25, 0.3) is 10.2 Å². The Morgan fingerprint density at radius 3 is 2.34 bits per heavy atom. The largest absolute Gasteiger partial charge is 0.493 e. The van der Waals surface area contributed by atoms with Gasteiger partial charge in [0.25, 0.3) is 0 Å². The number of hydrogen-bond donors (Lipinski definition) is 1. The molecule has 0 spiro atoms. The Bertz CT molecular complexity index is 909. The van der Waals surface area contributed by atoms with Crippen LogP contribution in [-0.2, 0) is 0 Å². The van der Waals surface area contributed by atoms with Gasteiger partial charge in [-0.05, 0) is 49.6 Å². The number of nitrogens with zero attached hydrogens (tertiary/aromatic N) is 2. The average Bonchev–Trinajstić information content (AvgIpc) is 3.23. The molecule has 1 saturated heterocycles. The second kappa shape index (κ2) is 12.9. The van der Waals surface area contributed by atoms with Gasteiger partial charge in [0.2, 0.25) is 5.75 Å². The molecular weight excluding hydrogens is 469 g/mol. The quantitative estimate of drug-likeness (QED) is 0.416. The molecule has 0 atom stereocenters. The fourth-order valence-corrected chi connectivity index (χ4v) is 4.83. The third kappa shape index (κ3) is 6.32. The second-order valence-electron chi connectivity index (χ2n) is 7.44. The van der Waals surface area contributed by atoms with E-state index in [4.69, 9.17) is 19.2 Å². The van der Waals surface area contributed by atoms with Crippen molar-refractivity contribution >= 4 is 51.5 Å². The van der Waals surface area contributed by atoms with Gasteiger partial charge in [-0.15, -0.1) is 24.8 Å². The van der Waals surface area contributed by atoms with Crippen molar-refractivity contribution in [1.82, 2.24) is 10.3 Å². The van der Waals surface area contributed by atoms with Crippen LogP contribution >= 0.6 is 36.2 Å². The number of aromatic nitrogens is 1. The van der Waals surface area contributed by atoms with Gasteiger partial charge >= 0.3 is 0 Å². The van der Waals surface area contributed by atoms with Crippen LogP contribution < -0.4 is 24.4 Å². The summed E-state index contributed by atoms with van der Waals surface area (Å²) in [6, 6.07) is 14.0. The number of piperidine rings is 1. The van der Waals surface area contributed by atoms with E-state index >= 15 is 0 Å². The number of rotatable bonds is 9. The van der Waals surface area contributed by atoms with Gasteiger partial charge in [0.1, 0.15) is 6.61 Å². The fraction of sp³-hybridized carbons (Fsp3) is 0.435. The van der Waals surface area contributed by atoms with E-state index < -0.39 is 0 Å². The Balaban J connectivity index is 0.00000181. The van der Waals surface area contributed by atoms with Crippen LogP contribution in [0.15, 0.2) is 42.5 Å². The standard InChI is InChI=1S/C23H29N3O3S.2ClH/c1-27-19-7-5-8-20(28-2)22(19)29-15-12-24-16-17-10-13-26(14-11-17)23-25-18-6-3-4-9-21(18)30-23;;/h3-9,17,24H,10-16H2,1-2H3;2*1H. The van der Waals surface area contributed by atoms with Crippen molar-refractivity contribution in [2.24, 2.45) is 5.92 Å². The summed E-state index contributed by atoms with van der Waals surface area (Å²) in [4.78, 5) is 7.23. The molecule has 1 fully saturated rings. The maximum atomic E-state index is 5.92. The monoisotopic (exact) mass is 499 g/mol. The zero-order valence-electron chi connectivity index (χ0n) is 18.4. The molecule has 0 amide bonds. The predicted molar refractivity (Wildman–Crippen MR) is 137 cm³/mol. The Morgan fingerprint density at radius 1 is 1.00 bits per heavy atom. The van der Waals surface area contributed by atoms with E-state index in [2.05, 4.69) is 34.5 Å². The van der Waals surface area contributed by atoms with Gasteiger partial charge in [-0.2, -0.15) is 0 Å². The third-order valence-corrected chi connectivity index (χ3v) is 6.61. The van der Waals surface area contributed by atoms with Gasteiger partial charge in [-0.3, -0.25) is 0 Å². The lowest BCUT2D eigenvalue weighted by Gasteiger charge is -2.31. The third-order valence-electron chi connectivity index (χ3n) is 5.51. The number of halogens is 2. The van der Waals surface area contributed by atoms with Gasteiger partial charge in [0.05, 0.1) is 24.4 Å². The number of methoxy groups -OCH3 is 2. The summed E-state index contributed by atoms with van der Waals surface area (Å²) in [6.07, 6.45) is 2.37. The zero-order valence-corrected chi connectivity index (χ0v) is 20.9. The summed E-state index contributed by atoms with van der Waals surface area (Å²) in [5.41, 5.74) is 1.10. The summed E-state index contributed by atoms with van der Waals surface area (Å²) < 4.78 is 17.9. The number of anilines is 1. The lowest BCUT2D eigenvalue weighted by Crippen LogP contribution is -2.38. The zero-order chi connectivity index (χ0) is 20.8. The van der Waals surface area contributed by atoms with Crippen LogP contribution in [-0.4, -0.2) is 52.0 Å². The summed E-state index contributed by atoms with van der Waals surface area (Å²) in [5.74, 6) is 2.73. The molecular formula is C23H31Cl2N3O3S. The Morgan fingerprint density at radius 2 is 1.69 bits per heavy atom. The second-order valence-corrected chi connectivity index (χ2v) is 8.45. The predicted octanol–water partition coefficient (Wildman–Crippen LogP) is 5.04. The van der Waals surface area contributed by atoms with Gasteiger partial charge in [0, 0.05) is 19.6 Å². The SMILES string of the molecule is COc1cccc(OC)c1OCCNCC1CCN(c2nc3ccccc3s2)CC1.Cl.Cl. The number of para-hydroxylation sites is 2. The molecule has 0 aliphatic carbocycles. The summed E-state index contributed by atoms with van der Waals surface area (Å²) >= 11 is 1.80. The first kappa shape index (κ1) is 26.3. The van der Waals surface area contributed by atoms with Crippen LogP contribution in [0.3, 0.4) is 0 Å². The minimum absolute atomic E-state index is 0. The van der Waals surface area contributed by atoms with Gasteiger partial charge < -0.3 is 24.4 Å². The molecule has 0 unspecified atom stereocenters. The topological polar surface area (TPSA) is 55.9 Å². The van der Waals surface area contributed by atoms with Crippen molar-refractivity contribution in [3.8, 4) is 17.2 Å². The van der Waals surface area contributed by atoms with Crippen LogP contribution in [0.4, 0.5) is 5.13 Å². The van der Waals surface area contributed by atoms with Crippen molar-refractivity contribution in [3.63, 3.8) is 0 Å². The first-order valence-electron chi connectivity index (χ1n) is 10.4. The number of thiazole rings is 1. The molecule has 6 nitrogen and oxygen atoms in total. The van der Waals surface area contributed by atoms with Gasteiger partial charge in [-0.1, -0.05) is 29.5 Å². The highest BCUT2D eigenvalue weighted by molar-refractivity contribution is 7.22. The molecule has 32 heavy (non-hydrogen) atoms. The molecule has 176 valence electrons. The molecule has 1 aliphatic rings. The maximum absolute atomic E-state index is 5.92. The summed E-state index contributed by atoms with van der Waals surface area (Å²) in [7, 11) is 3.28. The summed E-state index contributed by atoms with van der Waals surface area (Å²) in [5, 5.41) is 4.69. The van der Waals surface area contributed by atoms with E-state index in [1.54, 1.807) is 25.6 Å². The van der Waals surface area contributed by atoms with Crippen molar-refractivity contribution in [2.75, 3.05) is 51.9 Å². The van der Waals surface area contributed by atoms with Crippen molar-refractivity contribution in [2.45, 2.75) is 12.8 Å².